The van der Waals surface area contributed by atoms with Gasteiger partial charge < -0.3 is 20.1 Å². The highest BCUT2D eigenvalue weighted by Crippen LogP contribution is 2.31. The second kappa shape index (κ2) is 7.48. The highest BCUT2D eigenvalue weighted by Gasteiger charge is 2.16. The maximum Gasteiger partial charge on any atom is 0.248 e. The Morgan fingerprint density at radius 3 is 2.26 bits per heavy atom. The van der Waals surface area contributed by atoms with Gasteiger partial charge in [0.2, 0.25) is 5.88 Å². The van der Waals surface area contributed by atoms with Gasteiger partial charge in [-0.1, -0.05) is 0 Å². The van der Waals surface area contributed by atoms with Crippen LogP contribution in [0.1, 0.15) is 0 Å². The third-order valence-electron chi connectivity index (χ3n) is 2.92. The van der Waals surface area contributed by atoms with Gasteiger partial charge in [-0.25, -0.2) is 4.98 Å². The van der Waals surface area contributed by atoms with Crippen molar-refractivity contribution in [2.75, 3.05) is 30.8 Å². The van der Waals surface area contributed by atoms with Crippen LogP contribution in [0.5, 0.6) is 17.4 Å². The summed E-state index contributed by atoms with van der Waals surface area (Å²) in [7, 11) is 1.57. The normalized spacial score (nSPS) is 9.52. The number of nitrogens with two attached hydrogens (primary N) is 1. The summed E-state index contributed by atoms with van der Waals surface area (Å²) in [5, 5.41) is 17.7. The van der Waals surface area contributed by atoms with Crippen LogP contribution in [0.15, 0.2) is 30.6 Å². The van der Waals surface area contributed by atoms with Crippen molar-refractivity contribution in [2.45, 2.75) is 0 Å². The number of hydrogen-bond donors (Lipinski definition) is 1. The number of nitriles is 2. The Balaban J connectivity index is 2.28. The molecule has 0 saturated carbocycles. The maximum absolute atomic E-state index is 8.84. The summed E-state index contributed by atoms with van der Waals surface area (Å²) < 4.78 is 10.7. The lowest BCUT2D eigenvalue weighted by molar-refractivity contribution is 0.412. The minimum Gasteiger partial charge on any atom is -0.497 e. The number of aromatic nitrogens is 2. The molecule has 0 atom stereocenters. The smallest absolute Gasteiger partial charge is 0.248 e. The van der Waals surface area contributed by atoms with Crippen molar-refractivity contribution >= 4 is 11.5 Å². The first-order valence-corrected chi connectivity index (χ1v) is 6.60. The fourth-order valence-corrected chi connectivity index (χ4v) is 1.84. The minimum absolute atomic E-state index is 0.0171. The van der Waals surface area contributed by atoms with Crippen molar-refractivity contribution in [2.24, 2.45) is 0 Å². The number of ether oxygens (including phenoxy) is 2. The molecule has 0 spiro atoms. The van der Waals surface area contributed by atoms with Gasteiger partial charge >= 0.3 is 0 Å². The number of hydrogen-bond acceptors (Lipinski definition) is 8. The van der Waals surface area contributed by atoms with E-state index in [9.17, 15) is 0 Å². The lowest BCUT2D eigenvalue weighted by atomic mass is 10.3. The predicted molar refractivity (Wildman–Crippen MR) is 83.0 cm³/mol. The molecule has 2 N–H and O–H groups in total. The Kier molecular flexibility index (Phi) is 5.16. The number of anilines is 2. The van der Waals surface area contributed by atoms with Crippen LogP contribution < -0.4 is 20.1 Å². The van der Waals surface area contributed by atoms with Crippen molar-refractivity contribution in [1.29, 1.82) is 10.5 Å². The predicted octanol–water partition coefficient (Wildman–Crippen LogP) is 1.71. The van der Waals surface area contributed by atoms with E-state index < -0.39 is 0 Å². The zero-order valence-corrected chi connectivity index (χ0v) is 12.4. The summed E-state index contributed by atoms with van der Waals surface area (Å²) in [6, 6.07) is 10.8. The molecule has 0 unspecified atom stereocenters. The van der Waals surface area contributed by atoms with Gasteiger partial charge in [-0.15, -0.1) is 0 Å². The van der Waals surface area contributed by atoms with Crippen LogP contribution in [-0.2, 0) is 0 Å². The zero-order chi connectivity index (χ0) is 16.7. The van der Waals surface area contributed by atoms with E-state index in [1.54, 1.807) is 31.4 Å². The molecule has 8 nitrogen and oxygen atoms in total. The first-order chi connectivity index (χ1) is 11.2. The molecule has 0 aliphatic carbocycles. The molecule has 0 aliphatic heterocycles. The molecule has 0 fully saturated rings. The molecule has 0 bridgehead atoms. The zero-order valence-electron chi connectivity index (χ0n) is 12.4. The monoisotopic (exact) mass is 310 g/mol. The van der Waals surface area contributed by atoms with Crippen molar-refractivity contribution in [1.82, 2.24) is 9.97 Å². The third-order valence-corrected chi connectivity index (χ3v) is 2.92. The van der Waals surface area contributed by atoms with Crippen LogP contribution in [-0.4, -0.2) is 30.2 Å². The Morgan fingerprint density at radius 2 is 1.70 bits per heavy atom. The minimum atomic E-state index is -0.0171. The van der Waals surface area contributed by atoms with Crippen molar-refractivity contribution < 1.29 is 9.47 Å². The third kappa shape index (κ3) is 3.77. The molecule has 0 amide bonds. The fourth-order valence-electron chi connectivity index (χ4n) is 1.84. The Hall–Kier alpha value is -3.52. The van der Waals surface area contributed by atoms with E-state index >= 15 is 0 Å². The van der Waals surface area contributed by atoms with E-state index in [1.807, 2.05) is 12.1 Å². The first kappa shape index (κ1) is 15.9. The molecule has 2 rings (SSSR count). The highest BCUT2D eigenvalue weighted by molar-refractivity contribution is 5.68. The van der Waals surface area contributed by atoms with Gasteiger partial charge in [-0.3, -0.25) is 0 Å². The standard InChI is InChI=1S/C15H14N6O2/c1-22-11-2-4-12(5-3-11)23-15-13(18)14(19-10-20-15)21(8-6-16)9-7-17/h2-5,10H,8-9,18H2,1H3. The second-order valence-corrected chi connectivity index (χ2v) is 4.37. The Bertz CT molecular complexity index is 732. The first-order valence-electron chi connectivity index (χ1n) is 6.60. The van der Waals surface area contributed by atoms with Gasteiger partial charge in [0.25, 0.3) is 0 Å². The summed E-state index contributed by atoms with van der Waals surface area (Å²) in [5.74, 6) is 1.66. The Morgan fingerprint density at radius 1 is 1.09 bits per heavy atom. The van der Waals surface area contributed by atoms with E-state index in [0.29, 0.717) is 11.5 Å². The molecule has 116 valence electrons. The molecule has 2 aromatic rings. The van der Waals surface area contributed by atoms with Gasteiger partial charge in [0.1, 0.15) is 36.6 Å². The SMILES string of the molecule is COc1ccc(Oc2ncnc(N(CC#N)CC#N)c2N)cc1. The summed E-state index contributed by atoms with van der Waals surface area (Å²) in [5.41, 5.74) is 6.17. The van der Waals surface area contributed by atoms with Crippen LogP contribution >= 0.6 is 0 Å². The number of nitrogen functional groups attached to an aromatic ring is 1. The molecule has 8 heteroatoms. The quantitative estimate of drug-likeness (QED) is 0.800. The van der Waals surface area contributed by atoms with Crippen LogP contribution in [0, 0.1) is 22.7 Å². The van der Waals surface area contributed by atoms with E-state index in [0.717, 1.165) is 0 Å². The van der Waals surface area contributed by atoms with Gasteiger partial charge in [-0.2, -0.15) is 15.5 Å². The largest absolute Gasteiger partial charge is 0.497 e. The summed E-state index contributed by atoms with van der Waals surface area (Å²) in [6.45, 7) is -0.0342. The average Bonchev–Trinajstić information content (AvgIpc) is 2.57. The van der Waals surface area contributed by atoms with Crippen molar-refractivity contribution in [3.63, 3.8) is 0 Å². The highest BCUT2D eigenvalue weighted by atomic mass is 16.5. The fraction of sp³-hybridized carbons (Fsp3) is 0.200. The lowest BCUT2D eigenvalue weighted by Crippen LogP contribution is -2.26. The molecule has 0 aliphatic rings. The summed E-state index contributed by atoms with van der Waals surface area (Å²) >= 11 is 0. The molecule has 23 heavy (non-hydrogen) atoms. The average molecular weight is 310 g/mol. The molecule has 1 aromatic heterocycles. The van der Waals surface area contributed by atoms with Crippen molar-refractivity contribution in [3.8, 4) is 29.5 Å². The second-order valence-electron chi connectivity index (χ2n) is 4.37. The molecule has 1 aromatic carbocycles. The van der Waals surface area contributed by atoms with E-state index in [4.69, 9.17) is 25.7 Å². The van der Waals surface area contributed by atoms with Gasteiger partial charge in [0, 0.05) is 0 Å². The summed E-state index contributed by atoms with van der Waals surface area (Å²) in [4.78, 5) is 9.47. The molecule has 0 saturated heterocycles. The van der Waals surface area contributed by atoms with Crippen LogP contribution in [0.25, 0.3) is 0 Å². The van der Waals surface area contributed by atoms with Crippen LogP contribution in [0.4, 0.5) is 11.5 Å². The van der Waals surface area contributed by atoms with Gasteiger partial charge in [0.05, 0.1) is 19.2 Å². The van der Waals surface area contributed by atoms with Gasteiger partial charge in [-0.05, 0) is 24.3 Å². The van der Waals surface area contributed by atoms with Crippen molar-refractivity contribution in [3.05, 3.63) is 30.6 Å². The van der Waals surface area contributed by atoms with E-state index in [1.165, 1.54) is 11.2 Å². The van der Waals surface area contributed by atoms with Gasteiger partial charge in [0.15, 0.2) is 5.82 Å². The van der Waals surface area contributed by atoms with Crippen LogP contribution in [0.3, 0.4) is 0 Å². The summed E-state index contributed by atoms with van der Waals surface area (Å²) in [6.07, 6.45) is 1.27. The molecule has 1 heterocycles. The number of rotatable bonds is 6. The molecular formula is C15H14N6O2. The topological polar surface area (TPSA) is 121 Å². The van der Waals surface area contributed by atoms with E-state index in [2.05, 4.69) is 9.97 Å². The van der Waals surface area contributed by atoms with E-state index in [-0.39, 0.29) is 30.5 Å². The Labute approximate surface area is 133 Å². The number of methoxy groups -OCH3 is 1. The molecular weight excluding hydrogens is 296 g/mol. The van der Waals surface area contributed by atoms with Crippen LogP contribution in [0.2, 0.25) is 0 Å². The molecule has 0 radical (unpaired) electrons. The number of benzene rings is 1. The maximum atomic E-state index is 8.84. The number of nitrogens with zero attached hydrogens (tertiary/aromatic N) is 5. The lowest BCUT2D eigenvalue weighted by Gasteiger charge is -2.19.